The second-order valence-corrected chi connectivity index (χ2v) is 7.81. The number of anilines is 1. The first-order valence-corrected chi connectivity index (χ1v) is 9.75. The van der Waals surface area contributed by atoms with Gasteiger partial charge in [-0.05, 0) is 39.2 Å². The van der Waals surface area contributed by atoms with Crippen LogP contribution in [0.3, 0.4) is 0 Å². The number of hydrogen-bond acceptors (Lipinski definition) is 5. The van der Waals surface area contributed by atoms with Crippen molar-refractivity contribution in [2.45, 2.75) is 19.8 Å². The van der Waals surface area contributed by atoms with Crippen molar-refractivity contribution >= 4 is 38.3 Å². The molecule has 0 atom stereocenters. The maximum Gasteiger partial charge on any atom is 0.264 e. The molecule has 1 aromatic heterocycles. The van der Waals surface area contributed by atoms with Crippen molar-refractivity contribution in [2.75, 3.05) is 11.9 Å². The Morgan fingerprint density at radius 1 is 1.15 bits per heavy atom. The predicted octanol–water partition coefficient (Wildman–Crippen LogP) is 5.11. The summed E-state index contributed by atoms with van der Waals surface area (Å²) >= 11 is 4.88. The van der Waals surface area contributed by atoms with Crippen molar-refractivity contribution in [3.05, 3.63) is 58.0 Å². The Balaban J connectivity index is 1.59. The molecule has 1 N–H and O–H groups in total. The molecule has 2 aromatic carbocycles. The number of benzene rings is 2. The molecule has 0 unspecified atom stereocenters. The van der Waals surface area contributed by atoms with Crippen LogP contribution >= 0.6 is 27.3 Å². The zero-order chi connectivity index (χ0) is 18.5. The van der Waals surface area contributed by atoms with Crippen molar-refractivity contribution in [1.29, 1.82) is 0 Å². The molecule has 26 heavy (non-hydrogen) atoms. The monoisotopic (exact) mass is 431 g/mol. The van der Waals surface area contributed by atoms with E-state index in [1.54, 1.807) is 0 Å². The SMILES string of the molecule is CC(C)c1nnc(NC(=O)COc2ccc(-c3ccccc3)cc2Br)s1. The Morgan fingerprint density at radius 3 is 2.58 bits per heavy atom. The molecule has 7 heteroatoms. The van der Waals surface area contributed by atoms with Crippen molar-refractivity contribution < 1.29 is 9.53 Å². The fourth-order valence-corrected chi connectivity index (χ4v) is 3.50. The predicted molar refractivity (Wildman–Crippen MR) is 108 cm³/mol. The third kappa shape index (κ3) is 4.68. The second kappa shape index (κ2) is 8.42. The fourth-order valence-electron chi connectivity index (χ4n) is 2.25. The summed E-state index contributed by atoms with van der Waals surface area (Å²) < 4.78 is 6.41. The molecule has 0 radical (unpaired) electrons. The number of rotatable bonds is 6. The topological polar surface area (TPSA) is 64.1 Å². The van der Waals surface area contributed by atoms with Crippen LogP contribution in [0.4, 0.5) is 5.13 Å². The lowest BCUT2D eigenvalue weighted by Crippen LogP contribution is -2.20. The molecule has 5 nitrogen and oxygen atoms in total. The standard InChI is InChI=1S/C19H18BrN3O2S/c1-12(2)18-22-23-19(26-18)21-17(24)11-25-16-9-8-14(10-15(16)20)13-6-4-3-5-7-13/h3-10,12H,11H2,1-2H3,(H,21,23,24). The van der Waals surface area contributed by atoms with Crippen LogP contribution in [0.2, 0.25) is 0 Å². The fraction of sp³-hybridized carbons (Fsp3) is 0.211. The van der Waals surface area contributed by atoms with E-state index in [9.17, 15) is 4.79 Å². The lowest BCUT2D eigenvalue weighted by Gasteiger charge is -2.09. The molecule has 0 saturated heterocycles. The van der Waals surface area contributed by atoms with Gasteiger partial charge in [0, 0.05) is 5.92 Å². The average Bonchev–Trinajstić information content (AvgIpc) is 3.10. The molecule has 134 valence electrons. The molecule has 3 aromatic rings. The van der Waals surface area contributed by atoms with Crippen LogP contribution in [-0.4, -0.2) is 22.7 Å². The minimum Gasteiger partial charge on any atom is -0.483 e. The van der Waals surface area contributed by atoms with Gasteiger partial charge in [0.2, 0.25) is 5.13 Å². The van der Waals surface area contributed by atoms with Crippen LogP contribution in [0, 0.1) is 0 Å². The molecule has 0 fully saturated rings. The van der Waals surface area contributed by atoms with E-state index in [-0.39, 0.29) is 18.4 Å². The molecule has 1 heterocycles. The Bertz CT molecular complexity index is 897. The number of halogens is 1. The largest absolute Gasteiger partial charge is 0.483 e. The van der Waals surface area contributed by atoms with Crippen LogP contribution in [0.1, 0.15) is 24.8 Å². The second-order valence-electron chi connectivity index (χ2n) is 5.95. The average molecular weight is 432 g/mol. The van der Waals surface area contributed by atoms with Gasteiger partial charge in [-0.25, -0.2) is 0 Å². The maximum atomic E-state index is 12.1. The highest BCUT2D eigenvalue weighted by atomic mass is 79.9. The molecule has 0 aliphatic rings. The molecule has 1 amide bonds. The molecule has 3 rings (SSSR count). The Morgan fingerprint density at radius 2 is 1.92 bits per heavy atom. The highest BCUT2D eigenvalue weighted by Gasteiger charge is 2.12. The molecule has 0 saturated carbocycles. The van der Waals surface area contributed by atoms with E-state index in [1.165, 1.54) is 11.3 Å². The molecule has 0 aliphatic heterocycles. The number of carbonyl (C=O) groups excluding carboxylic acids is 1. The quantitative estimate of drug-likeness (QED) is 0.588. The number of carbonyl (C=O) groups is 1. The van der Waals surface area contributed by atoms with Gasteiger partial charge >= 0.3 is 0 Å². The minimum atomic E-state index is -0.268. The van der Waals surface area contributed by atoms with Gasteiger partial charge in [-0.15, -0.1) is 10.2 Å². The van der Waals surface area contributed by atoms with Crippen LogP contribution in [0.5, 0.6) is 5.75 Å². The highest BCUT2D eigenvalue weighted by Crippen LogP contribution is 2.30. The molecule has 0 spiro atoms. The van der Waals surface area contributed by atoms with E-state index < -0.39 is 0 Å². The summed E-state index contributed by atoms with van der Waals surface area (Å²) in [6.45, 7) is 3.97. The van der Waals surface area contributed by atoms with Crippen LogP contribution in [0.15, 0.2) is 53.0 Å². The maximum absolute atomic E-state index is 12.1. The van der Waals surface area contributed by atoms with Crippen LogP contribution < -0.4 is 10.1 Å². The van der Waals surface area contributed by atoms with Crippen molar-refractivity contribution in [3.63, 3.8) is 0 Å². The van der Waals surface area contributed by atoms with Gasteiger partial charge in [0.15, 0.2) is 6.61 Å². The first-order valence-electron chi connectivity index (χ1n) is 8.14. The minimum absolute atomic E-state index is 0.0973. The van der Waals surface area contributed by atoms with Gasteiger partial charge in [0.05, 0.1) is 4.47 Å². The summed E-state index contributed by atoms with van der Waals surface area (Å²) in [6.07, 6.45) is 0. The van der Waals surface area contributed by atoms with Gasteiger partial charge < -0.3 is 4.74 Å². The number of hydrogen-bond donors (Lipinski definition) is 1. The van der Waals surface area contributed by atoms with Crippen LogP contribution in [-0.2, 0) is 4.79 Å². The number of aromatic nitrogens is 2. The van der Waals surface area contributed by atoms with E-state index in [4.69, 9.17) is 4.74 Å². The Kier molecular flexibility index (Phi) is 6.00. The molecule has 0 aliphatic carbocycles. The van der Waals surface area contributed by atoms with E-state index in [1.807, 2.05) is 62.4 Å². The molecular weight excluding hydrogens is 414 g/mol. The van der Waals surface area contributed by atoms with E-state index in [2.05, 4.69) is 31.4 Å². The number of amides is 1. The van der Waals surface area contributed by atoms with Gasteiger partial charge in [-0.2, -0.15) is 0 Å². The number of nitrogens with one attached hydrogen (secondary N) is 1. The van der Waals surface area contributed by atoms with Crippen molar-refractivity contribution in [2.24, 2.45) is 0 Å². The molecular formula is C19H18BrN3O2S. The van der Waals surface area contributed by atoms with E-state index in [0.29, 0.717) is 10.9 Å². The number of ether oxygens (including phenoxy) is 1. The summed E-state index contributed by atoms with van der Waals surface area (Å²) in [4.78, 5) is 12.1. The normalized spacial score (nSPS) is 10.8. The van der Waals surface area contributed by atoms with Crippen molar-refractivity contribution in [1.82, 2.24) is 10.2 Å². The van der Waals surface area contributed by atoms with E-state index >= 15 is 0 Å². The van der Waals surface area contributed by atoms with E-state index in [0.717, 1.165) is 20.6 Å². The first kappa shape index (κ1) is 18.5. The highest BCUT2D eigenvalue weighted by molar-refractivity contribution is 9.10. The zero-order valence-corrected chi connectivity index (χ0v) is 16.8. The van der Waals surface area contributed by atoms with Gasteiger partial charge in [0.25, 0.3) is 5.91 Å². The third-order valence-corrected chi connectivity index (χ3v) is 5.34. The third-order valence-electron chi connectivity index (χ3n) is 3.58. The smallest absolute Gasteiger partial charge is 0.264 e. The van der Waals surface area contributed by atoms with Crippen LogP contribution in [0.25, 0.3) is 11.1 Å². The Hall–Kier alpha value is -2.25. The lowest BCUT2D eigenvalue weighted by molar-refractivity contribution is -0.118. The zero-order valence-electron chi connectivity index (χ0n) is 14.4. The summed E-state index contributed by atoms with van der Waals surface area (Å²) in [5, 5.41) is 12.1. The van der Waals surface area contributed by atoms with Gasteiger partial charge in [0.1, 0.15) is 10.8 Å². The summed E-state index contributed by atoms with van der Waals surface area (Å²) in [7, 11) is 0. The summed E-state index contributed by atoms with van der Waals surface area (Å²) in [5.41, 5.74) is 2.19. The van der Waals surface area contributed by atoms with Gasteiger partial charge in [-0.3, -0.25) is 10.1 Å². The lowest BCUT2D eigenvalue weighted by atomic mass is 10.1. The van der Waals surface area contributed by atoms with Gasteiger partial charge in [-0.1, -0.05) is 61.6 Å². The summed E-state index contributed by atoms with van der Waals surface area (Å²) in [5.74, 6) is 0.629. The first-order chi connectivity index (χ1) is 12.5. The number of nitrogens with zero attached hydrogens (tertiary/aromatic N) is 2. The van der Waals surface area contributed by atoms with Crippen molar-refractivity contribution in [3.8, 4) is 16.9 Å². The Labute approximate surface area is 164 Å². The summed E-state index contributed by atoms with van der Waals surface area (Å²) in [6, 6.07) is 15.9. The molecule has 0 bridgehead atoms.